The van der Waals surface area contributed by atoms with Crippen LogP contribution in [0.15, 0.2) is 24.3 Å². The second-order valence-corrected chi connectivity index (χ2v) is 2.40. The number of rotatable bonds is 2. The Morgan fingerprint density at radius 3 is 2.46 bits per heavy atom. The topological polar surface area (TPSA) is 43.1 Å². The van der Waals surface area contributed by atoms with Crippen LogP contribution < -0.4 is 5.73 Å². The number of hydrogen-bond donors (Lipinski definition) is 1. The first-order chi connectivity index (χ1) is 6.24. The summed E-state index contributed by atoms with van der Waals surface area (Å²) in [5, 5.41) is 0. The molecular formula is C11H17NO. The quantitative estimate of drug-likeness (QED) is 0.560. The summed E-state index contributed by atoms with van der Waals surface area (Å²) in [6, 6.07) is 7.04. The maximum Gasteiger partial charge on any atom is 0.162 e. The van der Waals surface area contributed by atoms with Crippen molar-refractivity contribution in [1.82, 2.24) is 0 Å². The minimum absolute atomic E-state index is 0.136. The van der Waals surface area contributed by atoms with Crippen molar-refractivity contribution in [2.75, 3.05) is 5.73 Å². The third-order valence-corrected chi connectivity index (χ3v) is 1.53. The van der Waals surface area contributed by atoms with Crippen molar-refractivity contribution in [3.63, 3.8) is 0 Å². The van der Waals surface area contributed by atoms with Gasteiger partial charge < -0.3 is 5.73 Å². The van der Waals surface area contributed by atoms with Crippen LogP contribution in [0.1, 0.15) is 37.6 Å². The fourth-order valence-corrected chi connectivity index (χ4v) is 0.916. The van der Waals surface area contributed by atoms with Crippen LogP contribution in [0.3, 0.4) is 0 Å². The van der Waals surface area contributed by atoms with Gasteiger partial charge in [0.05, 0.1) is 0 Å². The molecule has 0 heterocycles. The summed E-state index contributed by atoms with van der Waals surface area (Å²) in [4.78, 5) is 11.1. The van der Waals surface area contributed by atoms with E-state index in [1.807, 2.05) is 20.8 Å². The van der Waals surface area contributed by atoms with Crippen LogP contribution in [0.25, 0.3) is 0 Å². The fourth-order valence-electron chi connectivity index (χ4n) is 0.916. The van der Waals surface area contributed by atoms with Gasteiger partial charge in [-0.25, -0.2) is 0 Å². The molecule has 0 bridgehead atoms. The summed E-state index contributed by atoms with van der Waals surface area (Å²) < 4.78 is 0. The minimum Gasteiger partial charge on any atom is -0.399 e. The number of carbonyl (C=O) groups excluding carboxylic acids is 1. The molecule has 0 aliphatic carbocycles. The Kier molecular flexibility index (Phi) is 5.60. The standard InChI is InChI=1S/C9H11NO.C2H6/c1-2-9(11)7-4-3-5-8(10)6-7;1-2/h3-6H,2,10H2,1H3;1-2H3. The highest BCUT2D eigenvalue weighted by Crippen LogP contribution is 2.08. The lowest BCUT2D eigenvalue weighted by atomic mass is 10.1. The van der Waals surface area contributed by atoms with E-state index in [1.165, 1.54) is 0 Å². The molecule has 2 heteroatoms. The first-order valence-corrected chi connectivity index (χ1v) is 4.62. The molecule has 2 nitrogen and oxygen atoms in total. The largest absolute Gasteiger partial charge is 0.399 e. The van der Waals surface area contributed by atoms with E-state index in [0.717, 1.165) is 0 Å². The van der Waals surface area contributed by atoms with Gasteiger partial charge in [0, 0.05) is 17.7 Å². The summed E-state index contributed by atoms with van der Waals surface area (Å²) in [6.07, 6.45) is 0.531. The number of hydrogen-bond acceptors (Lipinski definition) is 2. The highest BCUT2D eigenvalue weighted by atomic mass is 16.1. The first kappa shape index (κ1) is 11.7. The van der Waals surface area contributed by atoms with Crippen LogP contribution in [-0.4, -0.2) is 5.78 Å². The van der Waals surface area contributed by atoms with Gasteiger partial charge in [-0.1, -0.05) is 32.9 Å². The normalized spacial score (nSPS) is 8.54. The van der Waals surface area contributed by atoms with E-state index >= 15 is 0 Å². The first-order valence-electron chi connectivity index (χ1n) is 4.62. The summed E-state index contributed by atoms with van der Waals surface area (Å²) >= 11 is 0. The molecule has 72 valence electrons. The second kappa shape index (κ2) is 6.23. The zero-order chi connectivity index (χ0) is 10.3. The molecule has 1 aromatic carbocycles. The Balaban J connectivity index is 0.000000671. The van der Waals surface area contributed by atoms with Crippen molar-refractivity contribution >= 4 is 11.5 Å². The monoisotopic (exact) mass is 179 g/mol. The lowest BCUT2D eigenvalue weighted by Crippen LogP contribution is -1.97. The summed E-state index contributed by atoms with van der Waals surface area (Å²) in [5.41, 5.74) is 6.84. The molecule has 0 fully saturated rings. The molecular weight excluding hydrogens is 162 g/mol. The number of nitrogens with two attached hydrogens (primary N) is 1. The molecule has 0 unspecified atom stereocenters. The van der Waals surface area contributed by atoms with E-state index in [0.29, 0.717) is 17.7 Å². The van der Waals surface area contributed by atoms with Crippen LogP contribution in [0.5, 0.6) is 0 Å². The predicted octanol–water partition coefficient (Wildman–Crippen LogP) is 2.89. The zero-order valence-corrected chi connectivity index (χ0v) is 8.50. The molecule has 0 aliphatic heterocycles. The number of Topliss-reactive ketones (excluding diaryl/α,β-unsaturated/α-hetero) is 1. The summed E-state index contributed by atoms with van der Waals surface area (Å²) in [6.45, 7) is 5.84. The van der Waals surface area contributed by atoms with Gasteiger partial charge in [-0.2, -0.15) is 0 Å². The van der Waals surface area contributed by atoms with E-state index in [4.69, 9.17) is 5.73 Å². The predicted molar refractivity (Wildman–Crippen MR) is 56.8 cm³/mol. The maximum absolute atomic E-state index is 11.1. The Morgan fingerprint density at radius 2 is 2.00 bits per heavy atom. The van der Waals surface area contributed by atoms with Crippen LogP contribution in [0, 0.1) is 0 Å². The molecule has 0 aromatic heterocycles. The van der Waals surface area contributed by atoms with E-state index in [9.17, 15) is 4.79 Å². The van der Waals surface area contributed by atoms with Gasteiger partial charge in [-0.05, 0) is 12.1 Å². The van der Waals surface area contributed by atoms with Gasteiger partial charge in [0.2, 0.25) is 0 Å². The van der Waals surface area contributed by atoms with E-state index in [1.54, 1.807) is 24.3 Å². The number of nitrogen functional groups attached to an aromatic ring is 1. The average Bonchev–Trinajstić information content (AvgIpc) is 2.20. The molecule has 0 radical (unpaired) electrons. The Bertz CT molecular complexity index is 269. The van der Waals surface area contributed by atoms with E-state index in [-0.39, 0.29) is 5.78 Å². The molecule has 0 aliphatic rings. The number of benzene rings is 1. The third-order valence-electron chi connectivity index (χ3n) is 1.53. The van der Waals surface area contributed by atoms with E-state index < -0.39 is 0 Å². The molecule has 0 atom stereocenters. The SMILES string of the molecule is CC.CCC(=O)c1cccc(N)c1. The maximum atomic E-state index is 11.1. The third kappa shape index (κ3) is 3.74. The van der Waals surface area contributed by atoms with Crippen LogP contribution >= 0.6 is 0 Å². The highest BCUT2D eigenvalue weighted by molar-refractivity contribution is 5.96. The lowest BCUT2D eigenvalue weighted by Gasteiger charge is -1.97. The molecule has 0 spiro atoms. The van der Waals surface area contributed by atoms with Crippen molar-refractivity contribution in [2.24, 2.45) is 0 Å². The van der Waals surface area contributed by atoms with Crippen molar-refractivity contribution in [2.45, 2.75) is 27.2 Å². The van der Waals surface area contributed by atoms with Crippen molar-refractivity contribution in [1.29, 1.82) is 0 Å². The van der Waals surface area contributed by atoms with Crippen LogP contribution in [-0.2, 0) is 0 Å². The molecule has 13 heavy (non-hydrogen) atoms. The molecule has 0 saturated heterocycles. The van der Waals surface area contributed by atoms with Gasteiger partial charge in [-0.3, -0.25) is 4.79 Å². The van der Waals surface area contributed by atoms with Crippen LogP contribution in [0.2, 0.25) is 0 Å². The smallest absolute Gasteiger partial charge is 0.162 e. The molecule has 0 saturated carbocycles. The molecule has 1 aromatic rings. The van der Waals surface area contributed by atoms with Gasteiger partial charge >= 0.3 is 0 Å². The Labute approximate surface area is 79.8 Å². The summed E-state index contributed by atoms with van der Waals surface area (Å²) in [7, 11) is 0. The molecule has 2 N–H and O–H groups in total. The number of ketones is 1. The minimum atomic E-state index is 0.136. The Hall–Kier alpha value is -1.31. The van der Waals surface area contributed by atoms with Gasteiger partial charge in [0.15, 0.2) is 5.78 Å². The second-order valence-electron chi connectivity index (χ2n) is 2.40. The Morgan fingerprint density at radius 1 is 1.38 bits per heavy atom. The van der Waals surface area contributed by atoms with Gasteiger partial charge in [-0.15, -0.1) is 0 Å². The van der Waals surface area contributed by atoms with Crippen LogP contribution in [0.4, 0.5) is 5.69 Å². The van der Waals surface area contributed by atoms with Crippen molar-refractivity contribution in [3.8, 4) is 0 Å². The molecule has 1 rings (SSSR count). The zero-order valence-electron chi connectivity index (χ0n) is 8.50. The van der Waals surface area contributed by atoms with Gasteiger partial charge in [0.1, 0.15) is 0 Å². The van der Waals surface area contributed by atoms with Crippen molar-refractivity contribution in [3.05, 3.63) is 29.8 Å². The fraction of sp³-hybridized carbons (Fsp3) is 0.364. The molecule has 0 amide bonds. The highest BCUT2D eigenvalue weighted by Gasteiger charge is 2.00. The lowest BCUT2D eigenvalue weighted by molar-refractivity contribution is 0.0988. The number of carbonyl (C=O) groups is 1. The van der Waals surface area contributed by atoms with Crippen molar-refractivity contribution < 1.29 is 4.79 Å². The summed E-state index contributed by atoms with van der Waals surface area (Å²) in [5.74, 6) is 0.136. The van der Waals surface area contributed by atoms with Gasteiger partial charge in [0.25, 0.3) is 0 Å². The van der Waals surface area contributed by atoms with E-state index in [2.05, 4.69) is 0 Å². The average molecular weight is 179 g/mol. The number of anilines is 1.